The van der Waals surface area contributed by atoms with Gasteiger partial charge in [0.2, 0.25) is 5.91 Å². The van der Waals surface area contributed by atoms with Crippen molar-refractivity contribution >= 4 is 16.8 Å². The molecule has 3 aromatic rings. The molecule has 7 nitrogen and oxygen atoms in total. The highest BCUT2D eigenvalue weighted by Gasteiger charge is 2.27. The third-order valence-corrected chi connectivity index (χ3v) is 4.41. The molecule has 7 heteroatoms. The van der Waals surface area contributed by atoms with Crippen molar-refractivity contribution in [1.82, 2.24) is 30.4 Å². The molecule has 0 fully saturated rings. The van der Waals surface area contributed by atoms with Gasteiger partial charge in [0, 0.05) is 37.1 Å². The molecule has 1 aliphatic heterocycles. The fourth-order valence-corrected chi connectivity index (χ4v) is 3.18. The van der Waals surface area contributed by atoms with E-state index in [0.717, 1.165) is 48.2 Å². The van der Waals surface area contributed by atoms with Gasteiger partial charge < -0.3 is 15.6 Å². The monoisotopic (exact) mass is 324 g/mol. The van der Waals surface area contributed by atoms with Crippen LogP contribution in [-0.4, -0.2) is 38.7 Å². The SMILES string of the molecule is O=C(NCCCn1ncc2ccccc21)[C@H]1NCCc2[nH]cnc21. The van der Waals surface area contributed by atoms with Crippen molar-refractivity contribution in [1.29, 1.82) is 0 Å². The molecule has 3 N–H and O–H groups in total. The van der Waals surface area contributed by atoms with Crippen molar-refractivity contribution in [2.24, 2.45) is 0 Å². The second-order valence-electron chi connectivity index (χ2n) is 5.97. The summed E-state index contributed by atoms with van der Waals surface area (Å²) in [6, 6.07) is 7.78. The number of nitrogens with zero attached hydrogens (tertiary/aromatic N) is 3. The zero-order valence-electron chi connectivity index (χ0n) is 13.3. The molecule has 3 heterocycles. The second-order valence-corrected chi connectivity index (χ2v) is 5.97. The number of benzene rings is 1. The molecule has 1 atom stereocenters. The van der Waals surface area contributed by atoms with Crippen LogP contribution in [0.15, 0.2) is 36.8 Å². The fraction of sp³-hybridized carbons (Fsp3) is 0.353. The molecule has 0 radical (unpaired) electrons. The topological polar surface area (TPSA) is 87.6 Å². The lowest BCUT2D eigenvalue weighted by Gasteiger charge is -2.22. The first-order valence-corrected chi connectivity index (χ1v) is 8.27. The average molecular weight is 324 g/mol. The summed E-state index contributed by atoms with van der Waals surface area (Å²) in [5, 5.41) is 11.8. The van der Waals surface area contributed by atoms with Crippen LogP contribution in [0.4, 0.5) is 0 Å². The number of fused-ring (bicyclic) bond motifs is 2. The Morgan fingerprint density at radius 3 is 3.25 bits per heavy atom. The summed E-state index contributed by atoms with van der Waals surface area (Å²) in [4.78, 5) is 19.8. The van der Waals surface area contributed by atoms with Gasteiger partial charge in [-0.2, -0.15) is 5.10 Å². The third kappa shape index (κ3) is 2.78. The lowest BCUT2D eigenvalue weighted by atomic mass is 10.1. The Morgan fingerprint density at radius 1 is 1.38 bits per heavy atom. The van der Waals surface area contributed by atoms with Gasteiger partial charge in [0.05, 0.1) is 23.7 Å². The van der Waals surface area contributed by atoms with Crippen molar-refractivity contribution in [3.63, 3.8) is 0 Å². The van der Waals surface area contributed by atoms with Gasteiger partial charge in [-0.1, -0.05) is 18.2 Å². The molecule has 0 saturated heterocycles. The van der Waals surface area contributed by atoms with E-state index < -0.39 is 0 Å². The number of imidazole rings is 1. The number of nitrogens with one attached hydrogen (secondary N) is 3. The molecule has 24 heavy (non-hydrogen) atoms. The van der Waals surface area contributed by atoms with E-state index in [4.69, 9.17) is 0 Å². The Labute approximate surface area is 139 Å². The summed E-state index contributed by atoms with van der Waals surface area (Å²) >= 11 is 0. The Hall–Kier alpha value is -2.67. The van der Waals surface area contributed by atoms with Crippen molar-refractivity contribution in [2.75, 3.05) is 13.1 Å². The van der Waals surface area contributed by atoms with Crippen molar-refractivity contribution in [2.45, 2.75) is 25.4 Å². The van der Waals surface area contributed by atoms with Crippen molar-refractivity contribution in [3.8, 4) is 0 Å². The van der Waals surface area contributed by atoms with Crippen LogP contribution >= 0.6 is 0 Å². The summed E-state index contributed by atoms with van der Waals surface area (Å²) in [5.74, 6) is -0.0200. The number of hydrogen-bond donors (Lipinski definition) is 3. The van der Waals surface area contributed by atoms with Gasteiger partial charge in [-0.15, -0.1) is 0 Å². The maximum Gasteiger partial charge on any atom is 0.243 e. The van der Waals surface area contributed by atoms with E-state index in [1.807, 2.05) is 23.0 Å². The number of para-hydroxylation sites is 1. The number of rotatable bonds is 5. The van der Waals surface area contributed by atoms with Crippen molar-refractivity contribution < 1.29 is 4.79 Å². The van der Waals surface area contributed by atoms with E-state index >= 15 is 0 Å². The van der Waals surface area contributed by atoms with E-state index in [1.165, 1.54) is 0 Å². The molecule has 0 bridgehead atoms. The van der Waals surface area contributed by atoms with Crippen molar-refractivity contribution in [3.05, 3.63) is 48.2 Å². The molecule has 0 saturated carbocycles. The Morgan fingerprint density at radius 2 is 2.29 bits per heavy atom. The van der Waals surface area contributed by atoms with Crippen LogP contribution in [0.5, 0.6) is 0 Å². The van der Waals surface area contributed by atoms with E-state index in [0.29, 0.717) is 6.54 Å². The summed E-state index contributed by atoms with van der Waals surface area (Å²) in [6.45, 7) is 2.18. The number of carbonyl (C=O) groups excluding carboxylic acids is 1. The number of aromatic amines is 1. The summed E-state index contributed by atoms with van der Waals surface area (Å²) in [5.41, 5.74) is 2.99. The molecule has 0 aliphatic carbocycles. The fourth-order valence-electron chi connectivity index (χ4n) is 3.18. The quantitative estimate of drug-likeness (QED) is 0.615. The highest BCUT2D eigenvalue weighted by atomic mass is 16.2. The third-order valence-electron chi connectivity index (χ3n) is 4.41. The Balaban J connectivity index is 1.31. The standard InChI is InChI=1S/C17H20N6O/c24-17(16-15-13(6-8-18-16)20-11-21-15)19-7-3-9-23-14-5-2-1-4-12(14)10-22-23/h1-2,4-5,10-11,16,18H,3,6-9H2,(H,19,24)(H,20,21)/t16-/m0/s1. The summed E-state index contributed by atoms with van der Waals surface area (Å²) in [6.07, 6.45) is 5.24. The highest BCUT2D eigenvalue weighted by Crippen LogP contribution is 2.19. The van der Waals surface area contributed by atoms with E-state index in [9.17, 15) is 4.79 Å². The van der Waals surface area contributed by atoms with E-state index in [-0.39, 0.29) is 11.9 Å². The number of aryl methyl sites for hydroxylation is 1. The second kappa shape index (κ2) is 6.45. The van der Waals surface area contributed by atoms with Crippen LogP contribution in [-0.2, 0) is 17.8 Å². The largest absolute Gasteiger partial charge is 0.354 e. The predicted molar refractivity (Wildman–Crippen MR) is 90.4 cm³/mol. The van der Waals surface area contributed by atoms with Gasteiger partial charge in [0.1, 0.15) is 6.04 Å². The molecular weight excluding hydrogens is 304 g/mol. The van der Waals surface area contributed by atoms with Gasteiger partial charge in [0.15, 0.2) is 0 Å². The molecular formula is C17H20N6O. The summed E-state index contributed by atoms with van der Waals surface area (Å²) in [7, 11) is 0. The number of carbonyl (C=O) groups is 1. The number of aromatic nitrogens is 4. The molecule has 4 rings (SSSR count). The average Bonchev–Trinajstić information content (AvgIpc) is 3.25. The zero-order valence-corrected chi connectivity index (χ0v) is 13.3. The van der Waals surface area contributed by atoms with Gasteiger partial charge in [-0.3, -0.25) is 9.48 Å². The Bertz CT molecular complexity index is 852. The highest BCUT2D eigenvalue weighted by molar-refractivity contribution is 5.83. The lowest BCUT2D eigenvalue weighted by Crippen LogP contribution is -2.42. The maximum absolute atomic E-state index is 12.4. The van der Waals surface area contributed by atoms with Crippen LogP contribution in [0, 0.1) is 0 Å². The molecule has 0 unspecified atom stereocenters. The van der Waals surface area contributed by atoms with Gasteiger partial charge >= 0.3 is 0 Å². The van der Waals surface area contributed by atoms with Gasteiger partial charge in [-0.05, 0) is 12.5 Å². The van der Waals surface area contributed by atoms with Crippen LogP contribution in [0.2, 0.25) is 0 Å². The van der Waals surface area contributed by atoms with Crippen LogP contribution in [0.3, 0.4) is 0 Å². The minimum absolute atomic E-state index is 0.0200. The number of hydrogen-bond acceptors (Lipinski definition) is 4. The normalized spacial score (nSPS) is 16.9. The molecule has 1 amide bonds. The predicted octanol–water partition coefficient (Wildman–Crippen LogP) is 1.15. The zero-order chi connectivity index (χ0) is 16.4. The van der Waals surface area contributed by atoms with E-state index in [1.54, 1.807) is 6.33 Å². The minimum atomic E-state index is -0.356. The number of H-pyrrole nitrogens is 1. The van der Waals surface area contributed by atoms with Crippen LogP contribution in [0.25, 0.3) is 10.9 Å². The van der Waals surface area contributed by atoms with Crippen LogP contribution in [0.1, 0.15) is 23.9 Å². The first-order valence-electron chi connectivity index (χ1n) is 8.27. The molecule has 1 aromatic carbocycles. The minimum Gasteiger partial charge on any atom is -0.354 e. The molecule has 0 spiro atoms. The molecule has 2 aromatic heterocycles. The lowest BCUT2D eigenvalue weighted by molar-refractivity contribution is -0.123. The molecule has 1 aliphatic rings. The van der Waals surface area contributed by atoms with E-state index in [2.05, 4.69) is 37.8 Å². The first-order chi connectivity index (χ1) is 11.8. The molecule has 124 valence electrons. The number of amides is 1. The summed E-state index contributed by atoms with van der Waals surface area (Å²) < 4.78 is 1.98. The van der Waals surface area contributed by atoms with Gasteiger partial charge in [0.25, 0.3) is 0 Å². The maximum atomic E-state index is 12.4. The van der Waals surface area contributed by atoms with Gasteiger partial charge in [-0.25, -0.2) is 4.98 Å². The Kier molecular flexibility index (Phi) is 4.00. The van der Waals surface area contributed by atoms with Crippen LogP contribution < -0.4 is 10.6 Å². The first kappa shape index (κ1) is 14.9. The smallest absolute Gasteiger partial charge is 0.243 e.